The van der Waals surface area contributed by atoms with Gasteiger partial charge < -0.3 is 38.2 Å². The minimum Gasteiger partial charge on any atom is -0.496 e. The molecule has 2 atom stereocenters. The van der Waals surface area contributed by atoms with E-state index in [2.05, 4.69) is 10.0 Å². The van der Waals surface area contributed by atoms with Crippen molar-refractivity contribution in [2.75, 3.05) is 48.2 Å². The van der Waals surface area contributed by atoms with Gasteiger partial charge in [0.1, 0.15) is 34.6 Å². The standard InChI is InChI=1S/C33H34N2O12S/c1-18-6-9-21(10-7-18)48(39,40)35-22(30(37)27-16-45-27)15-34-28(36)17-46-33-31(38)29-25(44-5)13-20(41-2)14-26(29)47-32(33)19-8-11-23(42-3)24(12-19)43-4/h6-14,22,27,35H,15-17H2,1-5H3,(H,34,36). The van der Waals surface area contributed by atoms with Crippen LogP contribution < -0.4 is 39.2 Å². The van der Waals surface area contributed by atoms with E-state index in [1.54, 1.807) is 30.3 Å². The number of hydrogen-bond donors (Lipinski definition) is 2. The summed E-state index contributed by atoms with van der Waals surface area (Å²) in [6, 6.07) is 12.6. The molecule has 0 aliphatic carbocycles. The van der Waals surface area contributed by atoms with E-state index in [0.29, 0.717) is 22.8 Å². The largest absolute Gasteiger partial charge is 0.496 e. The lowest BCUT2D eigenvalue weighted by Crippen LogP contribution is -2.50. The molecule has 0 bridgehead atoms. The molecule has 1 aliphatic rings. The maximum atomic E-state index is 13.9. The first-order valence-corrected chi connectivity index (χ1v) is 16.1. The van der Waals surface area contributed by atoms with E-state index in [1.165, 1.54) is 52.7 Å². The number of benzene rings is 3. The molecule has 1 amide bonds. The molecule has 0 radical (unpaired) electrons. The molecule has 1 aliphatic heterocycles. The summed E-state index contributed by atoms with van der Waals surface area (Å²) in [7, 11) is 1.63. The molecule has 2 heterocycles. The van der Waals surface area contributed by atoms with Crippen LogP contribution in [-0.2, 0) is 24.3 Å². The highest BCUT2D eigenvalue weighted by atomic mass is 32.2. The molecule has 48 heavy (non-hydrogen) atoms. The van der Waals surface area contributed by atoms with Gasteiger partial charge in [-0.05, 0) is 37.3 Å². The van der Waals surface area contributed by atoms with Crippen LogP contribution >= 0.6 is 0 Å². The number of carbonyl (C=O) groups is 2. The summed E-state index contributed by atoms with van der Waals surface area (Å²) in [5.74, 6) is -0.350. The molecular weight excluding hydrogens is 648 g/mol. The third-order valence-corrected chi connectivity index (χ3v) is 8.95. The van der Waals surface area contributed by atoms with Crippen LogP contribution in [0.25, 0.3) is 22.3 Å². The maximum Gasteiger partial charge on any atom is 0.258 e. The first-order valence-electron chi connectivity index (χ1n) is 14.6. The maximum absolute atomic E-state index is 13.9. The van der Waals surface area contributed by atoms with Crippen molar-refractivity contribution in [1.82, 2.24) is 10.0 Å². The Morgan fingerprint density at radius 1 is 0.917 bits per heavy atom. The normalized spacial score (nSPS) is 14.6. The van der Waals surface area contributed by atoms with E-state index in [4.69, 9.17) is 32.8 Å². The number of nitrogens with one attached hydrogen (secondary N) is 2. The lowest BCUT2D eigenvalue weighted by molar-refractivity contribution is -0.124. The molecule has 0 spiro atoms. The highest BCUT2D eigenvalue weighted by Crippen LogP contribution is 2.39. The molecule has 3 aromatic carbocycles. The number of sulfonamides is 1. The van der Waals surface area contributed by atoms with Crippen molar-refractivity contribution in [3.8, 4) is 40.1 Å². The van der Waals surface area contributed by atoms with Crippen molar-refractivity contribution in [3.05, 3.63) is 70.4 Å². The first-order chi connectivity index (χ1) is 23.0. The minimum atomic E-state index is -4.12. The Hall–Kier alpha value is -5.12. The third kappa shape index (κ3) is 7.38. The van der Waals surface area contributed by atoms with Crippen LogP contribution in [0.2, 0.25) is 0 Å². The molecule has 0 saturated carbocycles. The van der Waals surface area contributed by atoms with Crippen molar-refractivity contribution in [2.45, 2.75) is 24.0 Å². The predicted molar refractivity (Wildman–Crippen MR) is 173 cm³/mol. The van der Waals surface area contributed by atoms with Crippen LogP contribution in [-0.4, -0.2) is 80.5 Å². The minimum absolute atomic E-state index is 0.0265. The first kappa shape index (κ1) is 34.2. The summed E-state index contributed by atoms with van der Waals surface area (Å²) in [6.07, 6.45) is -0.788. The van der Waals surface area contributed by atoms with Crippen LogP contribution in [0.5, 0.6) is 28.7 Å². The number of rotatable bonds is 15. The number of ether oxygens (including phenoxy) is 6. The summed E-state index contributed by atoms with van der Waals surface area (Å²) in [4.78, 5) is 39.8. The fourth-order valence-electron chi connectivity index (χ4n) is 4.83. The smallest absolute Gasteiger partial charge is 0.258 e. The molecule has 4 aromatic rings. The van der Waals surface area contributed by atoms with Crippen LogP contribution in [0.15, 0.2) is 68.7 Å². The second-order valence-electron chi connectivity index (χ2n) is 10.7. The quantitative estimate of drug-likeness (QED) is 0.175. The van der Waals surface area contributed by atoms with Gasteiger partial charge in [-0.15, -0.1) is 0 Å². The van der Waals surface area contributed by atoms with E-state index < -0.39 is 52.4 Å². The van der Waals surface area contributed by atoms with Gasteiger partial charge in [-0.1, -0.05) is 17.7 Å². The Morgan fingerprint density at radius 2 is 1.60 bits per heavy atom. The lowest BCUT2D eigenvalue weighted by atomic mass is 10.1. The number of fused-ring (bicyclic) bond motifs is 1. The number of aryl methyl sites for hydroxylation is 1. The van der Waals surface area contributed by atoms with Crippen molar-refractivity contribution < 1.29 is 50.8 Å². The van der Waals surface area contributed by atoms with E-state index >= 15 is 0 Å². The fourth-order valence-corrected chi connectivity index (χ4v) is 6.04. The van der Waals surface area contributed by atoms with Crippen molar-refractivity contribution in [3.63, 3.8) is 0 Å². The number of ketones is 1. The number of carbonyl (C=O) groups excluding carboxylic acids is 2. The SMILES string of the molecule is COc1cc(OC)c2c(=O)c(OCC(=O)NCC(NS(=O)(=O)c3ccc(C)cc3)C(=O)C3CO3)c(-c3ccc(OC)c(OC)c3)oc2c1. The summed E-state index contributed by atoms with van der Waals surface area (Å²) in [5.41, 5.74) is 0.706. The van der Waals surface area contributed by atoms with Crippen LogP contribution in [0.3, 0.4) is 0 Å². The van der Waals surface area contributed by atoms with Crippen molar-refractivity contribution in [1.29, 1.82) is 0 Å². The second kappa shape index (κ2) is 14.3. The van der Waals surface area contributed by atoms with Crippen LogP contribution in [0.1, 0.15) is 5.56 Å². The molecular formula is C33H34N2O12S. The van der Waals surface area contributed by atoms with Gasteiger partial charge >= 0.3 is 0 Å². The van der Waals surface area contributed by atoms with Crippen LogP contribution in [0.4, 0.5) is 0 Å². The molecule has 15 heteroatoms. The zero-order valence-corrected chi connectivity index (χ0v) is 27.6. The van der Waals surface area contributed by atoms with E-state index in [-0.39, 0.29) is 39.7 Å². The van der Waals surface area contributed by atoms with Gasteiger partial charge in [-0.2, -0.15) is 4.72 Å². The molecule has 2 N–H and O–H groups in total. The summed E-state index contributed by atoms with van der Waals surface area (Å²) in [5, 5.41) is 2.55. The van der Waals surface area contributed by atoms with Gasteiger partial charge in [0.25, 0.3) is 5.91 Å². The molecule has 1 saturated heterocycles. The van der Waals surface area contributed by atoms with E-state index in [9.17, 15) is 22.8 Å². The monoisotopic (exact) mass is 682 g/mol. The second-order valence-corrected chi connectivity index (χ2v) is 12.4. The van der Waals surface area contributed by atoms with E-state index in [0.717, 1.165) is 5.56 Å². The summed E-state index contributed by atoms with van der Waals surface area (Å²) < 4.78 is 66.9. The zero-order valence-electron chi connectivity index (χ0n) is 26.8. The number of hydrogen-bond acceptors (Lipinski definition) is 12. The highest BCUT2D eigenvalue weighted by Gasteiger charge is 2.38. The summed E-state index contributed by atoms with van der Waals surface area (Å²) in [6.45, 7) is 0.851. The van der Waals surface area contributed by atoms with Gasteiger partial charge in [0.05, 0.1) is 39.9 Å². The number of methoxy groups -OCH3 is 4. The van der Waals surface area contributed by atoms with Crippen LogP contribution in [0, 0.1) is 6.92 Å². The van der Waals surface area contributed by atoms with Gasteiger partial charge in [0.15, 0.2) is 29.6 Å². The highest BCUT2D eigenvalue weighted by molar-refractivity contribution is 7.89. The lowest BCUT2D eigenvalue weighted by Gasteiger charge is -2.18. The topological polar surface area (TPSA) is 181 Å². The zero-order chi connectivity index (χ0) is 34.6. The average molecular weight is 683 g/mol. The molecule has 2 unspecified atom stereocenters. The van der Waals surface area contributed by atoms with E-state index in [1.807, 2.05) is 6.92 Å². The van der Waals surface area contributed by atoms with Gasteiger partial charge in [0.2, 0.25) is 21.2 Å². The molecule has 1 aromatic heterocycles. The number of amides is 1. The number of Topliss-reactive ketones (excluding diaryl/α,β-unsaturated/α-hetero) is 1. The predicted octanol–water partition coefficient (Wildman–Crippen LogP) is 2.61. The number of epoxide rings is 1. The molecule has 14 nitrogen and oxygen atoms in total. The van der Waals surface area contributed by atoms with Crippen molar-refractivity contribution >= 4 is 32.7 Å². The Kier molecular flexibility index (Phi) is 10.2. The molecule has 1 fully saturated rings. The Morgan fingerprint density at radius 3 is 2.23 bits per heavy atom. The Bertz CT molecular complexity index is 2000. The van der Waals surface area contributed by atoms with Gasteiger partial charge in [-0.3, -0.25) is 14.4 Å². The Balaban J connectivity index is 1.42. The van der Waals surface area contributed by atoms with Crippen molar-refractivity contribution in [2.24, 2.45) is 0 Å². The molecule has 254 valence electrons. The summed E-state index contributed by atoms with van der Waals surface area (Å²) >= 11 is 0. The molecule has 5 rings (SSSR count). The fraction of sp³-hybridized carbons (Fsp3) is 0.303. The van der Waals surface area contributed by atoms with Gasteiger partial charge in [0, 0.05) is 24.2 Å². The Labute approximate surface area is 275 Å². The average Bonchev–Trinajstić information content (AvgIpc) is 3.94. The third-order valence-electron chi connectivity index (χ3n) is 7.47. The van der Waals surface area contributed by atoms with Gasteiger partial charge in [-0.25, -0.2) is 8.42 Å².